The van der Waals surface area contributed by atoms with Gasteiger partial charge in [0, 0.05) is 28.9 Å². The van der Waals surface area contributed by atoms with Gasteiger partial charge in [-0.15, -0.1) is 0 Å². The van der Waals surface area contributed by atoms with Crippen LogP contribution in [0.2, 0.25) is 5.15 Å². The van der Waals surface area contributed by atoms with E-state index >= 15 is 0 Å². The van der Waals surface area contributed by atoms with Gasteiger partial charge in [0.25, 0.3) is 0 Å². The summed E-state index contributed by atoms with van der Waals surface area (Å²) in [4.78, 5) is 12.5. The molecule has 36 heavy (non-hydrogen) atoms. The number of aliphatic hydroxyl groups is 2. The molecule has 2 heterocycles. The van der Waals surface area contributed by atoms with Crippen LogP contribution < -0.4 is 5.73 Å². The molecule has 0 spiro atoms. The molecular formula is C19H29ClN5O6PS4. The van der Waals surface area contributed by atoms with Crippen molar-refractivity contribution in [2.75, 3.05) is 61.8 Å². The monoisotopic (exact) mass is 617 g/mol. The Morgan fingerprint density at radius 2 is 1.67 bits per heavy atom. The zero-order chi connectivity index (χ0) is 25.8. The van der Waals surface area contributed by atoms with Gasteiger partial charge < -0.3 is 20.5 Å². The molecule has 1 aliphatic carbocycles. The third-order valence-corrected chi connectivity index (χ3v) is 11.1. The number of fused-ring (bicyclic) bond motifs is 1. The Labute approximate surface area is 230 Å². The van der Waals surface area contributed by atoms with E-state index in [9.17, 15) is 4.57 Å². The molecule has 0 bridgehead atoms. The van der Waals surface area contributed by atoms with Crippen LogP contribution in [0, 0.1) is 5.92 Å². The highest BCUT2D eigenvalue weighted by Crippen LogP contribution is 2.51. The summed E-state index contributed by atoms with van der Waals surface area (Å²) < 4.78 is 31.9. The van der Waals surface area contributed by atoms with Gasteiger partial charge in [-0.25, -0.2) is 9.55 Å². The lowest BCUT2D eigenvalue weighted by molar-refractivity contribution is 0.113. The van der Waals surface area contributed by atoms with Crippen LogP contribution in [0.25, 0.3) is 11.2 Å². The molecule has 1 aliphatic rings. The van der Waals surface area contributed by atoms with Crippen LogP contribution in [-0.4, -0.2) is 85.8 Å². The van der Waals surface area contributed by atoms with Crippen LogP contribution >= 0.6 is 62.6 Å². The van der Waals surface area contributed by atoms with Crippen LogP contribution in [0.3, 0.4) is 0 Å². The quantitative estimate of drug-likeness (QED) is 0.0723. The number of hydrogen-bond acceptors (Lipinski definition) is 14. The average Bonchev–Trinajstić information content (AvgIpc) is 3.49. The highest BCUT2D eigenvalue weighted by Gasteiger charge is 2.30. The summed E-state index contributed by atoms with van der Waals surface area (Å²) in [5.41, 5.74) is 6.78. The van der Waals surface area contributed by atoms with E-state index < -0.39 is 7.82 Å². The summed E-state index contributed by atoms with van der Waals surface area (Å²) in [6.45, 7) is 0.756. The number of imidazole rings is 1. The molecule has 4 N–H and O–H groups in total. The maximum Gasteiger partial charge on any atom is 0.474 e. The van der Waals surface area contributed by atoms with E-state index in [1.807, 2.05) is 16.7 Å². The third kappa shape index (κ3) is 9.53. The molecule has 11 nitrogen and oxygen atoms in total. The van der Waals surface area contributed by atoms with Crippen LogP contribution in [0.1, 0.15) is 12.5 Å². The van der Waals surface area contributed by atoms with Crippen molar-refractivity contribution in [2.45, 2.75) is 12.5 Å². The number of rotatable bonds is 18. The van der Waals surface area contributed by atoms with Gasteiger partial charge in [-0.2, -0.15) is 9.97 Å². The Morgan fingerprint density at radius 3 is 2.31 bits per heavy atom. The average molecular weight is 618 g/mol. The standard InChI is InChI=1S/C19H29ClN5O6PS4/c20-17-16-18(24-19(21)23-17)25(13-22-16)15-2-1-14(11-15)12-31-32(28,29-5-9-35-33-7-3-26)30-6-10-36-34-8-4-27/h1-2,13-15,26-27H,3-12H2,(H2,21,23,24)/t14-,15+/m1/s1. The summed E-state index contributed by atoms with van der Waals surface area (Å²) in [7, 11) is 2.31. The van der Waals surface area contributed by atoms with Crippen LogP contribution in [-0.2, 0) is 18.1 Å². The van der Waals surface area contributed by atoms with Gasteiger partial charge in [-0.3, -0.25) is 13.6 Å². The summed E-state index contributed by atoms with van der Waals surface area (Å²) in [6.07, 6.45) is 6.33. The van der Waals surface area contributed by atoms with Gasteiger partial charge in [0.05, 0.1) is 45.4 Å². The molecule has 0 unspecified atom stereocenters. The van der Waals surface area contributed by atoms with Gasteiger partial charge in [0.1, 0.15) is 5.52 Å². The molecule has 17 heteroatoms. The van der Waals surface area contributed by atoms with Crippen LogP contribution in [0.4, 0.5) is 5.95 Å². The molecule has 2 atom stereocenters. The van der Waals surface area contributed by atoms with Crippen molar-refractivity contribution in [3.63, 3.8) is 0 Å². The van der Waals surface area contributed by atoms with Crippen molar-refractivity contribution in [1.82, 2.24) is 19.5 Å². The number of aromatic nitrogens is 4. The van der Waals surface area contributed by atoms with E-state index in [0.717, 1.165) is 0 Å². The Kier molecular flexibility index (Phi) is 13.5. The number of allylic oxidation sites excluding steroid dienone is 1. The van der Waals surface area contributed by atoms with E-state index in [-0.39, 0.29) is 56.1 Å². The minimum atomic E-state index is -3.77. The van der Waals surface area contributed by atoms with Crippen LogP contribution in [0.15, 0.2) is 18.5 Å². The molecule has 3 rings (SSSR count). The second kappa shape index (κ2) is 16.0. The maximum atomic E-state index is 13.2. The first-order chi connectivity index (χ1) is 17.5. The number of nitrogens with two attached hydrogens (primary N) is 1. The number of halogens is 1. The van der Waals surface area contributed by atoms with E-state index in [0.29, 0.717) is 40.6 Å². The number of aliphatic hydroxyl groups excluding tert-OH is 2. The molecule has 2 aromatic heterocycles. The molecule has 0 aliphatic heterocycles. The zero-order valence-electron chi connectivity index (χ0n) is 19.3. The fourth-order valence-corrected chi connectivity index (χ4v) is 8.09. The van der Waals surface area contributed by atoms with E-state index in [2.05, 4.69) is 15.0 Å². The van der Waals surface area contributed by atoms with Crippen molar-refractivity contribution in [1.29, 1.82) is 0 Å². The summed E-state index contributed by atoms with van der Waals surface area (Å²) in [5, 5.41) is 17.9. The predicted octanol–water partition coefficient (Wildman–Crippen LogP) is 4.08. The largest absolute Gasteiger partial charge is 0.474 e. The van der Waals surface area contributed by atoms with Gasteiger partial charge in [-0.05, 0) is 6.42 Å². The summed E-state index contributed by atoms with van der Waals surface area (Å²) in [6, 6.07) is -0.0462. The number of hydrogen-bond donors (Lipinski definition) is 3. The van der Waals surface area contributed by atoms with Gasteiger partial charge >= 0.3 is 7.82 Å². The first-order valence-electron chi connectivity index (χ1n) is 11.0. The number of phosphoric acid groups is 1. The lowest BCUT2D eigenvalue weighted by Gasteiger charge is -2.20. The second-order valence-corrected chi connectivity index (χ2v) is 14.7. The Hall–Kier alpha value is -0.190. The van der Waals surface area contributed by atoms with E-state index in [4.69, 9.17) is 41.1 Å². The molecule has 0 saturated carbocycles. The fourth-order valence-electron chi connectivity index (χ4n) is 3.20. The smallest absolute Gasteiger partial charge is 0.395 e. The van der Waals surface area contributed by atoms with Crippen molar-refractivity contribution in [2.24, 2.45) is 5.92 Å². The minimum Gasteiger partial charge on any atom is -0.395 e. The second-order valence-electron chi connectivity index (χ2n) is 7.29. The lowest BCUT2D eigenvalue weighted by Crippen LogP contribution is -2.12. The Bertz CT molecular complexity index is 1020. The van der Waals surface area contributed by atoms with Crippen molar-refractivity contribution in [3.05, 3.63) is 23.6 Å². The number of nitrogen functional groups attached to an aromatic ring is 1. The lowest BCUT2D eigenvalue weighted by atomic mass is 10.1. The Morgan fingerprint density at radius 1 is 1.03 bits per heavy atom. The maximum absolute atomic E-state index is 13.2. The van der Waals surface area contributed by atoms with E-state index in [1.54, 1.807) is 6.33 Å². The highest BCUT2D eigenvalue weighted by atomic mass is 35.5. The molecule has 0 saturated heterocycles. The Balaban J connectivity index is 1.52. The topological polar surface area (TPSA) is 155 Å². The first-order valence-corrected chi connectivity index (χ1v) is 17.9. The van der Waals surface area contributed by atoms with Gasteiger partial charge in [0.15, 0.2) is 10.8 Å². The molecule has 0 amide bonds. The number of phosphoric ester groups is 1. The first kappa shape index (κ1) is 30.4. The molecular weight excluding hydrogens is 589 g/mol. The van der Waals surface area contributed by atoms with Crippen molar-refractivity contribution >= 4 is 79.7 Å². The van der Waals surface area contributed by atoms with Crippen molar-refractivity contribution < 1.29 is 28.3 Å². The normalized spacial score (nSPS) is 18.0. The molecule has 0 aromatic carbocycles. The number of anilines is 1. The van der Waals surface area contributed by atoms with Crippen LogP contribution in [0.5, 0.6) is 0 Å². The zero-order valence-corrected chi connectivity index (χ0v) is 24.2. The molecule has 0 radical (unpaired) electrons. The van der Waals surface area contributed by atoms with Gasteiger partial charge in [-0.1, -0.05) is 66.9 Å². The highest BCUT2D eigenvalue weighted by molar-refractivity contribution is 8.77. The van der Waals surface area contributed by atoms with Gasteiger partial charge in [0.2, 0.25) is 5.95 Å². The minimum absolute atomic E-state index is 0.0217. The molecule has 2 aromatic rings. The summed E-state index contributed by atoms with van der Waals surface area (Å²) >= 11 is 6.13. The molecule has 202 valence electrons. The van der Waals surface area contributed by atoms with Crippen molar-refractivity contribution in [3.8, 4) is 0 Å². The fraction of sp³-hybridized carbons (Fsp3) is 0.632. The summed E-state index contributed by atoms with van der Waals surface area (Å²) in [5.74, 6) is 2.44. The molecule has 0 fully saturated rings. The number of nitrogens with zero attached hydrogens (tertiary/aromatic N) is 4. The third-order valence-electron chi connectivity index (χ3n) is 4.70. The van der Waals surface area contributed by atoms with E-state index in [1.165, 1.54) is 43.2 Å². The SMILES string of the molecule is Nc1nc(Cl)c2ncn([C@H]3C=C[C@@H](COP(=O)(OCCSSCCO)OCCSSCCO)C3)c2n1. The predicted molar refractivity (Wildman–Crippen MR) is 150 cm³/mol.